The van der Waals surface area contributed by atoms with E-state index in [-0.39, 0.29) is 11.7 Å². The number of aromatic nitrogens is 3. The summed E-state index contributed by atoms with van der Waals surface area (Å²) in [5.41, 5.74) is 5.27. The Labute approximate surface area is 204 Å². The van der Waals surface area contributed by atoms with Crippen LogP contribution in [0, 0.1) is 0 Å². The first-order valence-corrected chi connectivity index (χ1v) is 12.9. The van der Waals surface area contributed by atoms with E-state index < -0.39 is 0 Å². The van der Waals surface area contributed by atoms with Gasteiger partial charge in [-0.25, -0.2) is 4.79 Å². The summed E-state index contributed by atoms with van der Waals surface area (Å²) in [6.07, 6.45) is 4.26. The van der Waals surface area contributed by atoms with Gasteiger partial charge in [-0.15, -0.1) is 10.2 Å². The summed E-state index contributed by atoms with van der Waals surface area (Å²) in [6, 6.07) is 16.5. The predicted molar refractivity (Wildman–Crippen MR) is 136 cm³/mol. The van der Waals surface area contributed by atoms with E-state index in [1.54, 1.807) is 17.8 Å². The molecule has 0 aliphatic heterocycles. The van der Waals surface area contributed by atoms with Crippen LogP contribution in [0.2, 0.25) is 0 Å². The van der Waals surface area contributed by atoms with Crippen LogP contribution in [0.25, 0.3) is 11.0 Å². The van der Waals surface area contributed by atoms with Crippen LogP contribution in [-0.2, 0) is 25.1 Å². The zero-order valence-corrected chi connectivity index (χ0v) is 20.8. The molecule has 1 atom stereocenters. The molecular formula is C27H30N4O2S. The predicted octanol–water partition coefficient (Wildman–Crippen LogP) is 5.23. The lowest BCUT2D eigenvalue weighted by molar-refractivity contribution is 0.272. The summed E-state index contributed by atoms with van der Waals surface area (Å²) in [4.78, 5) is 14.5. The van der Waals surface area contributed by atoms with E-state index in [9.17, 15) is 4.79 Å². The van der Waals surface area contributed by atoms with Gasteiger partial charge in [-0.2, -0.15) is 0 Å². The number of aryl methyl sites for hydroxylation is 2. The molecule has 4 aromatic rings. The van der Waals surface area contributed by atoms with Crippen LogP contribution >= 0.6 is 11.8 Å². The maximum atomic E-state index is 12.3. The van der Waals surface area contributed by atoms with Crippen molar-refractivity contribution in [2.24, 2.45) is 0 Å². The maximum Gasteiger partial charge on any atom is 0.336 e. The number of fused-ring (bicyclic) bond motifs is 2. The Morgan fingerprint density at radius 1 is 1.09 bits per heavy atom. The molecule has 2 aromatic carbocycles. The fourth-order valence-corrected chi connectivity index (χ4v) is 5.84. The van der Waals surface area contributed by atoms with Crippen molar-refractivity contribution in [2.45, 2.75) is 56.1 Å². The smallest absolute Gasteiger partial charge is 0.336 e. The second kappa shape index (κ2) is 9.76. The third kappa shape index (κ3) is 4.55. The van der Waals surface area contributed by atoms with E-state index >= 15 is 0 Å². The molecule has 0 N–H and O–H groups in total. The Hall–Kier alpha value is -2.90. The minimum Gasteiger partial charge on any atom is -0.423 e. The first kappa shape index (κ1) is 22.9. The molecule has 1 aliphatic carbocycles. The Bertz CT molecular complexity index is 1360. The second-order valence-corrected chi connectivity index (χ2v) is 10.1. The van der Waals surface area contributed by atoms with Gasteiger partial charge < -0.3 is 8.98 Å². The number of rotatable bonds is 8. The molecule has 0 saturated heterocycles. The molecule has 176 valence electrons. The average molecular weight is 475 g/mol. The summed E-state index contributed by atoms with van der Waals surface area (Å²) in [5, 5.41) is 11.1. The topological polar surface area (TPSA) is 64.2 Å². The normalized spacial score (nSPS) is 14.1. The minimum atomic E-state index is -0.300. The van der Waals surface area contributed by atoms with Crippen molar-refractivity contribution in [3.05, 3.63) is 87.0 Å². The Morgan fingerprint density at radius 2 is 1.85 bits per heavy atom. The van der Waals surface area contributed by atoms with E-state index in [2.05, 4.69) is 77.1 Å². The molecule has 5 rings (SSSR count). The molecule has 2 aromatic heterocycles. The van der Waals surface area contributed by atoms with Gasteiger partial charge in [0.15, 0.2) is 11.0 Å². The molecule has 1 unspecified atom stereocenters. The molecule has 0 spiro atoms. The van der Waals surface area contributed by atoms with Crippen LogP contribution in [0.3, 0.4) is 0 Å². The van der Waals surface area contributed by atoms with Gasteiger partial charge in [0.05, 0.1) is 12.6 Å². The van der Waals surface area contributed by atoms with Gasteiger partial charge in [0.1, 0.15) is 5.58 Å². The second-order valence-electron chi connectivity index (χ2n) is 9.15. The van der Waals surface area contributed by atoms with Crippen LogP contribution in [0.15, 0.2) is 62.9 Å². The van der Waals surface area contributed by atoms with Crippen molar-refractivity contribution in [3.8, 4) is 0 Å². The van der Waals surface area contributed by atoms with Gasteiger partial charge in [0, 0.05) is 17.2 Å². The Morgan fingerprint density at radius 3 is 2.59 bits per heavy atom. The first-order valence-electron chi connectivity index (χ1n) is 11.9. The first-order chi connectivity index (χ1) is 16.5. The molecule has 7 heteroatoms. The highest BCUT2D eigenvalue weighted by Gasteiger charge is 2.23. The lowest BCUT2D eigenvalue weighted by Gasteiger charge is -2.23. The molecule has 0 bridgehead atoms. The number of nitrogens with zero attached hydrogens (tertiary/aromatic N) is 4. The Kier molecular flexibility index (Phi) is 6.57. The molecule has 0 amide bonds. The molecule has 2 heterocycles. The quantitative estimate of drug-likeness (QED) is 0.257. The third-order valence-electron chi connectivity index (χ3n) is 6.64. The van der Waals surface area contributed by atoms with Crippen LogP contribution in [0.4, 0.5) is 0 Å². The van der Waals surface area contributed by atoms with Crippen molar-refractivity contribution in [2.75, 3.05) is 14.1 Å². The number of thioether (sulfide) groups is 1. The van der Waals surface area contributed by atoms with Gasteiger partial charge in [0.25, 0.3) is 0 Å². The lowest BCUT2D eigenvalue weighted by atomic mass is 10.0. The average Bonchev–Trinajstić information content (AvgIpc) is 3.44. The SMILES string of the molecule is CCC(c1nnc(SCc2cc(=O)oc3cc4c(cc23)CCC4)n1Cc1ccccc1)N(C)C. The molecule has 0 fully saturated rings. The monoisotopic (exact) mass is 474 g/mol. The van der Waals surface area contributed by atoms with Crippen LogP contribution < -0.4 is 5.63 Å². The van der Waals surface area contributed by atoms with Crippen molar-refractivity contribution >= 4 is 22.7 Å². The summed E-state index contributed by atoms with van der Waals surface area (Å²) >= 11 is 1.63. The highest BCUT2D eigenvalue weighted by atomic mass is 32.2. The van der Waals surface area contributed by atoms with Crippen molar-refractivity contribution in [3.63, 3.8) is 0 Å². The van der Waals surface area contributed by atoms with Gasteiger partial charge in [-0.05, 0) is 74.2 Å². The zero-order valence-electron chi connectivity index (χ0n) is 20.0. The van der Waals surface area contributed by atoms with Crippen LogP contribution in [-0.4, -0.2) is 33.8 Å². The molecule has 0 saturated carbocycles. The lowest BCUT2D eigenvalue weighted by Crippen LogP contribution is -2.23. The molecule has 0 radical (unpaired) electrons. The minimum absolute atomic E-state index is 0.178. The number of hydrogen-bond donors (Lipinski definition) is 0. The molecule has 34 heavy (non-hydrogen) atoms. The zero-order chi connectivity index (χ0) is 23.7. The fourth-order valence-electron chi connectivity index (χ4n) is 4.90. The van der Waals surface area contributed by atoms with Crippen LogP contribution in [0.5, 0.6) is 0 Å². The van der Waals surface area contributed by atoms with E-state index in [0.717, 1.165) is 47.6 Å². The fraction of sp³-hybridized carbons (Fsp3) is 0.370. The van der Waals surface area contributed by atoms with Crippen molar-refractivity contribution in [1.29, 1.82) is 0 Å². The standard InChI is InChI=1S/C27H30N4O2S/c1-4-23(30(2)3)26-28-29-27(31(26)16-18-9-6-5-7-10-18)34-17-21-15-25(32)33-24-14-20-12-8-11-19(20)13-22(21)24/h5-7,9-10,13-15,23H,4,8,11-12,16-17H2,1-3H3. The highest BCUT2D eigenvalue weighted by Crippen LogP contribution is 2.32. The van der Waals surface area contributed by atoms with Gasteiger partial charge in [-0.3, -0.25) is 4.90 Å². The summed E-state index contributed by atoms with van der Waals surface area (Å²) in [5.74, 6) is 1.60. The van der Waals surface area contributed by atoms with Crippen molar-refractivity contribution in [1.82, 2.24) is 19.7 Å². The number of benzene rings is 2. The van der Waals surface area contributed by atoms with Gasteiger partial charge in [0.2, 0.25) is 0 Å². The van der Waals surface area contributed by atoms with E-state index in [1.807, 2.05) is 6.07 Å². The van der Waals surface area contributed by atoms with E-state index in [4.69, 9.17) is 4.42 Å². The summed E-state index contributed by atoms with van der Waals surface area (Å²) in [7, 11) is 4.16. The number of hydrogen-bond acceptors (Lipinski definition) is 6. The molecular weight excluding hydrogens is 444 g/mol. The highest BCUT2D eigenvalue weighted by molar-refractivity contribution is 7.98. The van der Waals surface area contributed by atoms with E-state index in [1.165, 1.54) is 16.7 Å². The summed E-state index contributed by atoms with van der Waals surface area (Å²) in [6.45, 7) is 2.88. The van der Waals surface area contributed by atoms with Crippen LogP contribution in [0.1, 0.15) is 53.9 Å². The van der Waals surface area contributed by atoms with Gasteiger partial charge in [-0.1, -0.05) is 49.0 Å². The molecule has 1 aliphatic rings. The maximum absolute atomic E-state index is 12.3. The largest absolute Gasteiger partial charge is 0.423 e. The Balaban J connectivity index is 1.49. The molecule has 6 nitrogen and oxygen atoms in total. The van der Waals surface area contributed by atoms with Gasteiger partial charge >= 0.3 is 5.63 Å². The van der Waals surface area contributed by atoms with E-state index in [0.29, 0.717) is 17.9 Å². The third-order valence-corrected chi connectivity index (χ3v) is 7.65. The van der Waals surface area contributed by atoms with Crippen molar-refractivity contribution < 1.29 is 4.42 Å². The summed E-state index contributed by atoms with van der Waals surface area (Å²) < 4.78 is 7.78.